The van der Waals surface area contributed by atoms with Crippen molar-refractivity contribution < 1.29 is 18.7 Å². The minimum Gasteiger partial charge on any atom is -0.493 e. The number of ether oxygens (including phenoxy) is 2. The standard InChI is InChI=1S/C24H28ClFN2O3/c1-16-14-28(17(2)13-27(16)15-18-5-8-20(26)9-6-18)23(29)10-7-19-11-21(25)24(31-4)22(12-19)30-3/h5-12,16-17H,13-15H2,1-4H3/b10-7+/t16-,17+/m1/s1. The van der Waals surface area contributed by atoms with Gasteiger partial charge in [-0.2, -0.15) is 0 Å². The molecular weight excluding hydrogens is 419 g/mol. The lowest BCUT2D eigenvalue weighted by Gasteiger charge is -2.44. The minimum atomic E-state index is -0.233. The fourth-order valence-electron chi connectivity index (χ4n) is 3.85. The highest BCUT2D eigenvalue weighted by Gasteiger charge is 2.31. The molecule has 0 radical (unpaired) electrons. The van der Waals surface area contributed by atoms with Gasteiger partial charge in [-0.05, 0) is 55.3 Å². The van der Waals surface area contributed by atoms with E-state index in [0.717, 1.165) is 24.2 Å². The van der Waals surface area contributed by atoms with Crippen molar-refractivity contribution in [3.8, 4) is 11.5 Å². The first-order valence-corrected chi connectivity index (χ1v) is 10.6. The summed E-state index contributed by atoms with van der Waals surface area (Å²) in [6.45, 7) is 6.25. The molecule has 1 heterocycles. The molecule has 0 aliphatic carbocycles. The predicted molar refractivity (Wildman–Crippen MR) is 121 cm³/mol. The first-order chi connectivity index (χ1) is 14.8. The van der Waals surface area contributed by atoms with Crippen molar-refractivity contribution in [2.45, 2.75) is 32.5 Å². The van der Waals surface area contributed by atoms with Crippen molar-refractivity contribution in [1.29, 1.82) is 0 Å². The maximum absolute atomic E-state index is 13.2. The minimum absolute atomic E-state index is 0.0494. The number of hydrogen-bond donors (Lipinski definition) is 0. The second-order valence-corrected chi connectivity index (χ2v) is 8.22. The van der Waals surface area contributed by atoms with E-state index in [1.165, 1.54) is 19.2 Å². The molecule has 1 fully saturated rings. The normalized spacial score (nSPS) is 19.6. The Morgan fingerprint density at radius 2 is 1.84 bits per heavy atom. The summed E-state index contributed by atoms with van der Waals surface area (Å²) >= 11 is 6.25. The second-order valence-electron chi connectivity index (χ2n) is 7.82. The van der Waals surface area contributed by atoms with E-state index in [9.17, 15) is 9.18 Å². The first kappa shape index (κ1) is 23.1. The van der Waals surface area contributed by atoms with Crippen molar-refractivity contribution in [2.75, 3.05) is 27.3 Å². The van der Waals surface area contributed by atoms with Gasteiger partial charge in [0.15, 0.2) is 11.5 Å². The molecule has 2 aromatic rings. The smallest absolute Gasteiger partial charge is 0.246 e. The maximum Gasteiger partial charge on any atom is 0.246 e. The fraction of sp³-hybridized carbons (Fsp3) is 0.375. The molecule has 0 bridgehead atoms. The highest BCUT2D eigenvalue weighted by molar-refractivity contribution is 6.32. The van der Waals surface area contributed by atoms with Gasteiger partial charge in [0.25, 0.3) is 0 Å². The van der Waals surface area contributed by atoms with E-state index in [1.54, 1.807) is 43.5 Å². The van der Waals surface area contributed by atoms with Crippen LogP contribution in [0.1, 0.15) is 25.0 Å². The molecule has 0 saturated carbocycles. The van der Waals surface area contributed by atoms with Gasteiger partial charge < -0.3 is 14.4 Å². The number of amides is 1. The average molecular weight is 447 g/mol. The molecule has 1 aliphatic rings. The van der Waals surface area contributed by atoms with Crippen LogP contribution in [0.15, 0.2) is 42.5 Å². The quantitative estimate of drug-likeness (QED) is 0.607. The largest absolute Gasteiger partial charge is 0.493 e. The molecule has 2 aromatic carbocycles. The summed E-state index contributed by atoms with van der Waals surface area (Å²) in [5, 5.41) is 0.422. The van der Waals surface area contributed by atoms with Crippen LogP contribution in [0.25, 0.3) is 6.08 Å². The second kappa shape index (κ2) is 10.2. The summed E-state index contributed by atoms with van der Waals surface area (Å²) in [7, 11) is 3.07. The third kappa shape index (κ3) is 5.57. The van der Waals surface area contributed by atoms with Crippen molar-refractivity contribution in [2.24, 2.45) is 0 Å². The number of piperazine rings is 1. The van der Waals surface area contributed by atoms with E-state index in [1.807, 2.05) is 11.8 Å². The van der Waals surface area contributed by atoms with Gasteiger partial charge in [0.2, 0.25) is 5.91 Å². The van der Waals surface area contributed by atoms with E-state index in [4.69, 9.17) is 21.1 Å². The van der Waals surface area contributed by atoms with E-state index in [0.29, 0.717) is 23.1 Å². The van der Waals surface area contributed by atoms with Crippen LogP contribution in [-0.4, -0.2) is 55.1 Å². The van der Waals surface area contributed by atoms with Crippen LogP contribution in [-0.2, 0) is 11.3 Å². The summed E-state index contributed by atoms with van der Waals surface area (Å²) in [6, 6.07) is 10.3. The predicted octanol–water partition coefficient (Wildman–Crippen LogP) is 4.63. The van der Waals surface area contributed by atoms with Gasteiger partial charge in [0, 0.05) is 37.8 Å². The molecule has 0 spiro atoms. The van der Waals surface area contributed by atoms with Gasteiger partial charge in [0.1, 0.15) is 5.82 Å². The Kier molecular flexibility index (Phi) is 7.57. The van der Waals surface area contributed by atoms with Gasteiger partial charge in [-0.3, -0.25) is 9.69 Å². The number of rotatable bonds is 6. The van der Waals surface area contributed by atoms with Gasteiger partial charge >= 0.3 is 0 Å². The molecule has 1 saturated heterocycles. The summed E-state index contributed by atoms with van der Waals surface area (Å²) in [4.78, 5) is 17.1. The fourth-order valence-corrected chi connectivity index (χ4v) is 4.14. The SMILES string of the molecule is COc1cc(/C=C/C(=O)N2C[C@@H](C)N(Cc3ccc(F)cc3)C[C@@H]2C)cc(Cl)c1OC. The third-order valence-corrected chi connectivity index (χ3v) is 5.85. The maximum atomic E-state index is 13.2. The van der Waals surface area contributed by atoms with Crippen LogP contribution < -0.4 is 9.47 Å². The Labute approximate surface area is 188 Å². The number of benzene rings is 2. The van der Waals surface area contributed by atoms with Gasteiger partial charge in [0.05, 0.1) is 19.2 Å². The molecule has 0 unspecified atom stereocenters. The van der Waals surface area contributed by atoms with Crippen molar-refractivity contribution in [3.63, 3.8) is 0 Å². The van der Waals surface area contributed by atoms with Crippen LogP contribution in [0.4, 0.5) is 4.39 Å². The summed E-state index contributed by atoms with van der Waals surface area (Å²) in [5.74, 6) is 0.695. The van der Waals surface area contributed by atoms with Gasteiger partial charge in [-0.25, -0.2) is 4.39 Å². The summed E-state index contributed by atoms with van der Waals surface area (Å²) in [6.07, 6.45) is 3.30. The lowest BCUT2D eigenvalue weighted by molar-refractivity contribution is -0.131. The van der Waals surface area contributed by atoms with Crippen molar-refractivity contribution >= 4 is 23.6 Å². The Bertz CT molecular complexity index is 949. The molecule has 3 rings (SSSR count). The zero-order valence-corrected chi connectivity index (χ0v) is 19.0. The Balaban J connectivity index is 1.66. The zero-order valence-electron chi connectivity index (χ0n) is 18.3. The van der Waals surface area contributed by atoms with E-state index >= 15 is 0 Å². The lowest BCUT2D eigenvalue weighted by Crippen LogP contribution is -2.57. The molecule has 2 atom stereocenters. The summed E-state index contributed by atoms with van der Waals surface area (Å²) < 4.78 is 23.7. The Hall–Kier alpha value is -2.57. The van der Waals surface area contributed by atoms with Crippen LogP contribution in [0.2, 0.25) is 5.02 Å². The molecule has 0 aromatic heterocycles. The number of nitrogens with zero attached hydrogens (tertiary/aromatic N) is 2. The van der Waals surface area contributed by atoms with Gasteiger partial charge in [-0.15, -0.1) is 0 Å². The molecule has 1 aliphatic heterocycles. The molecule has 166 valence electrons. The highest BCUT2D eigenvalue weighted by Crippen LogP contribution is 2.36. The van der Waals surface area contributed by atoms with Crippen molar-refractivity contribution in [3.05, 3.63) is 64.4 Å². The third-order valence-electron chi connectivity index (χ3n) is 5.57. The molecule has 1 amide bonds. The topological polar surface area (TPSA) is 42.0 Å². The van der Waals surface area contributed by atoms with Crippen LogP contribution in [0.5, 0.6) is 11.5 Å². The molecule has 31 heavy (non-hydrogen) atoms. The average Bonchev–Trinajstić information content (AvgIpc) is 2.75. The number of methoxy groups -OCH3 is 2. The number of hydrogen-bond acceptors (Lipinski definition) is 4. The van der Waals surface area contributed by atoms with Crippen LogP contribution in [0.3, 0.4) is 0 Å². The highest BCUT2D eigenvalue weighted by atomic mass is 35.5. The van der Waals surface area contributed by atoms with E-state index in [2.05, 4.69) is 11.8 Å². The molecular formula is C24H28ClFN2O3. The first-order valence-electron chi connectivity index (χ1n) is 10.2. The van der Waals surface area contributed by atoms with E-state index < -0.39 is 0 Å². The molecule has 0 N–H and O–H groups in total. The number of carbonyl (C=O) groups is 1. The summed E-state index contributed by atoms with van der Waals surface area (Å²) in [5.41, 5.74) is 1.82. The lowest BCUT2D eigenvalue weighted by atomic mass is 10.1. The Morgan fingerprint density at radius 3 is 2.48 bits per heavy atom. The number of carbonyl (C=O) groups excluding carboxylic acids is 1. The van der Waals surface area contributed by atoms with Gasteiger partial charge in [-0.1, -0.05) is 23.7 Å². The zero-order chi connectivity index (χ0) is 22.5. The monoisotopic (exact) mass is 446 g/mol. The Morgan fingerprint density at radius 1 is 1.13 bits per heavy atom. The van der Waals surface area contributed by atoms with E-state index in [-0.39, 0.29) is 23.8 Å². The van der Waals surface area contributed by atoms with Crippen LogP contribution in [0, 0.1) is 5.82 Å². The number of halogens is 2. The molecule has 5 nitrogen and oxygen atoms in total. The molecule has 7 heteroatoms. The van der Waals surface area contributed by atoms with Crippen LogP contribution >= 0.6 is 11.6 Å². The van der Waals surface area contributed by atoms with Crippen molar-refractivity contribution in [1.82, 2.24) is 9.80 Å².